The van der Waals surface area contributed by atoms with Gasteiger partial charge in [0.25, 0.3) is 11.8 Å². The molecular weight excluding hydrogens is 326 g/mol. The van der Waals surface area contributed by atoms with Gasteiger partial charge in [0, 0.05) is 26.2 Å². The Morgan fingerprint density at radius 3 is 2.33 bits per heavy atom. The molecule has 0 fully saturated rings. The van der Waals surface area contributed by atoms with Gasteiger partial charge in [-0.05, 0) is 29.1 Å². The molecule has 0 saturated carbocycles. The molecule has 0 spiro atoms. The Hall–Kier alpha value is -2.67. The van der Waals surface area contributed by atoms with Crippen LogP contribution in [0.5, 0.6) is 0 Å². The summed E-state index contributed by atoms with van der Waals surface area (Å²) in [6, 6.07) is 10.5. The molecule has 126 valence electrons. The zero-order chi connectivity index (χ0) is 17.5. The van der Waals surface area contributed by atoms with Crippen LogP contribution in [-0.2, 0) is 11.3 Å². The number of carbonyl (C=O) groups is 3. The highest BCUT2D eigenvalue weighted by atomic mass is 32.1. The van der Waals surface area contributed by atoms with Crippen molar-refractivity contribution in [2.24, 2.45) is 0 Å². The predicted molar refractivity (Wildman–Crippen MR) is 93.0 cm³/mol. The van der Waals surface area contributed by atoms with Gasteiger partial charge in [-0.2, -0.15) is 0 Å². The lowest BCUT2D eigenvalue weighted by Gasteiger charge is -2.11. The second-order valence-electron chi connectivity index (χ2n) is 5.33. The van der Waals surface area contributed by atoms with Crippen molar-refractivity contribution < 1.29 is 14.4 Å². The highest BCUT2D eigenvalue weighted by molar-refractivity contribution is 7.12. The molecule has 2 N–H and O–H groups in total. The monoisotopic (exact) mass is 345 g/mol. The smallest absolute Gasteiger partial charge is 0.261 e. The van der Waals surface area contributed by atoms with Crippen LogP contribution in [0.4, 0.5) is 0 Å². The first kappa shape index (κ1) is 17.7. The molecule has 0 aliphatic heterocycles. The molecule has 0 aliphatic carbocycles. The SMILES string of the molecule is CN(C)C(=O)c1ccc(CNC(=O)CNC(=O)c2cccs2)cc1. The van der Waals surface area contributed by atoms with Crippen LogP contribution in [-0.4, -0.2) is 43.3 Å². The minimum absolute atomic E-state index is 0.0677. The Bertz CT molecular complexity index is 709. The minimum atomic E-state index is -0.270. The molecule has 2 aromatic rings. The molecule has 1 heterocycles. The Balaban J connectivity index is 1.77. The van der Waals surface area contributed by atoms with E-state index in [-0.39, 0.29) is 24.3 Å². The van der Waals surface area contributed by atoms with Crippen LogP contribution < -0.4 is 10.6 Å². The topological polar surface area (TPSA) is 78.5 Å². The predicted octanol–water partition coefficient (Wildman–Crippen LogP) is 1.50. The van der Waals surface area contributed by atoms with E-state index in [0.29, 0.717) is 17.0 Å². The molecule has 0 radical (unpaired) electrons. The minimum Gasteiger partial charge on any atom is -0.350 e. The van der Waals surface area contributed by atoms with Crippen LogP contribution in [0.3, 0.4) is 0 Å². The number of nitrogens with one attached hydrogen (secondary N) is 2. The summed E-state index contributed by atoms with van der Waals surface area (Å²) in [6.45, 7) is 0.262. The highest BCUT2D eigenvalue weighted by Crippen LogP contribution is 2.08. The molecule has 0 saturated heterocycles. The Morgan fingerprint density at radius 1 is 1.04 bits per heavy atom. The molecule has 3 amide bonds. The van der Waals surface area contributed by atoms with Gasteiger partial charge in [-0.15, -0.1) is 11.3 Å². The van der Waals surface area contributed by atoms with Crippen molar-refractivity contribution in [2.45, 2.75) is 6.54 Å². The van der Waals surface area contributed by atoms with E-state index in [9.17, 15) is 14.4 Å². The largest absolute Gasteiger partial charge is 0.350 e. The van der Waals surface area contributed by atoms with Crippen molar-refractivity contribution >= 4 is 29.1 Å². The van der Waals surface area contributed by atoms with Gasteiger partial charge in [-0.3, -0.25) is 14.4 Å². The van der Waals surface area contributed by atoms with Gasteiger partial charge in [-0.1, -0.05) is 18.2 Å². The fraction of sp³-hybridized carbons (Fsp3) is 0.235. The van der Waals surface area contributed by atoms with Gasteiger partial charge < -0.3 is 15.5 Å². The molecule has 2 rings (SSSR count). The first-order valence-electron chi connectivity index (χ1n) is 7.36. The van der Waals surface area contributed by atoms with Crippen molar-refractivity contribution in [2.75, 3.05) is 20.6 Å². The molecule has 24 heavy (non-hydrogen) atoms. The Morgan fingerprint density at radius 2 is 1.75 bits per heavy atom. The molecular formula is C17H19N3O3S. The third-order valence-electron chi connectivity index (χ3n) is 3.25. The molecule has 0 bridgehead atoms. The second-order valence-corrected chi connectivity index (χ2v) is 6.28. The number of rotatable bonds is 6. The van der Waals surface area contributed by atoms with E-state index in [1.165, 1.54) is 16.2 Å². The van der Waals surface area contributed by atoms with E-state index in [1.807, 2.05) is 0 Å². The summed E-state index contributed by atoms with van der Waals surface area (Å²) >= 11 is 1.32. The van der Waals surface area contributed by atoms with Crippen LogP contribution >= 0.6 is 11.3 Å². The van der Waals surface area contributed by atoms with Crippen LogP contribution in [0.25, 0.3) is 0 Å². The van der Waals surface area contributed by atoms with Gasteiger partial charge in [0.05, 0.1) is 11.4 Å². The van der Waals surface area contributed by atoms with Gasteiger partial charge >= 0.3 is 0 Å². The number of nitrogens with zero attached hydrogens (tertiary/aromatic N) is 1. The number of benzene rings is 1. The van der Waals surface area contributed by atoms with E-state index in [0.717, 1.165) is 5.56 Å². The lowest BCUT2D eigenvalue weighted by atomic mass is 10.1. The number of hydrogen-bond donors (Lipinski definition) is 2. The van der Waals surface area contributed by atoms with Crippen molar-refractivity contribution in [1.82, 2.24) is 15.5 Å². The van der Waals surface area contributed by atoms with E-state index in [2.05, 4.69) is 10.6 Å². The second kappa shape index (κ2) is 8.26. The lowest BCUT2D eigenvalue weighted by Crippen LogP contribution is -2.36. The fourth-order valence-corrected chi connectivity index (χ4v) is 2.58. The summed E-state index contributed by atoms with van der Waals surface area (Å²) in [5.41, 5.74) is 1.47. The highest BCUT2D eigenvalue weighted by Gasteiger charge is 2.09. The number of hydrogen-bond acceptors (Lipinski definition) is 4. The van der Waals surface area contributed by atoms with E-state index in [4.69, 9.17) is 0 Å². The maximum atomic E-state index is 11.8. The van der Waals surface area contributed by atoms with Crippen molar-refractivity contribution in [3.8, 4) is 0 Å². The number of carbonyl (C=O) groups excluding carboxylic acids is 3. The molecule has 0 atom stereocenters. The average molecular weight is 345 g/mol. The normalized spacial score (nSPS) is 10.1. The standard InChI is InChI=1S/C17H19N3O3S/c1-20(2)17(23)13-7-5-12(6-8-13)10-18-15(21)11-19-16(22)14-4-3-9-24-14/h3-9H,10-11H2,1-2H3,(H,18,21)(H,19,22). The van der Waals surface area contributed by atoms with E-state index in [1.54, 1.807) is 55.9 Å². The van der Waals surface area contributed by atoms with E-state index < -0.39 is 0 Å². The number of amides is 3. The Labute approximate surface area is 144 Å². The fourth-order valence-electron chi connectivity index (χ4n) is 1.94. The Kier molecular flexibility index (Phi) is 6.08. The molecule has 1 aromatic heterocycles. The third kappa shape index (κ3) is 4.92. The van der Waals surface area contributed by atoms with Crippen molar-refractivity contribution in [3.05, 3.63) is 57.8 Å². The zero-order valence-electron chi connectivity index (χ0n) is 13.5. The quantitative estimate of drug-likeness (QED) is 0.833. The van der Waals surface area contributed by atoms with Gasteiger partial charge in [-0.25, -0.2) is 0 Å². The maximum absolute atomic E-state index is 11.8. The van der Waals surface area contributed by atoms with E-state index >= 15 is 0 Å². The molecule has 6 nitrogen and oxygen atoms in total. The van der Waals surface area contributed by atoms with Crippen molar-refractivity contribution in [1.29, 1.82) is 0 Å². The summed E-state index contributed by atoms with van der Waals surface area (Å²) in [4.78, 5) is 37.4. The molecule has 1 aromatic carbocycles. The molecule has 0 aliphatic rings. The first-order chi connectivity index (χ1) is 11.5. The lowest BCUT2D eigenvalue weighted by molar-refractivity contribution is -0.120. The summed E-state index contributed by atoms with van der Waals surface area (Å²) in [7, 11) is 3.39. The average Bonchev–Trinajstić information content (AvgIpc) is 3.12. The van der Waals surface area contributed by atoms with Gasteiger partial charge in [0.15, 0.2) is 0 Å². The summed E-state index contributed by atoms with van der Waals surface area (Å²) in [5.74, 6) is -0.595. The molecule has 0 unspecified atom stereocenters. The number of thiophene rings is 1. The van der Waals surface area contributed by atoms with Crippen LogP contribution in [0.15, 0.2) is 41.8 Å². The summed E-state index contributed by atoms with van der Waals surface area (Å²) in [5, 5.41) is 7.10. The van der Waals surface area contributed by atoms with Gasteiger partial charge in [0.1, 0.15) is 0 Å². The summed E-state index contributed by atoms with van der Waals surface area (Å²) in [6.07, 6.45) is 0. The van der Waals surface area contributed by atoms with Crippen LogP contribution in [0.1, 0.15) is 25.6 Å². The van der Waals surface area contributed by atoms with Crippen molar-refractivity contribution in [3.63, 3.8) is 0 Å². The third-order valence-corrected chi connectivity index (χ3v) is 4.12. The van der Waals surface area contributed by atoms with Crippen LogP contribution in [0.2, 0.25) is 0 Å². The van der Waals surface area contributed by atoms with Crippen LogP contribution in [0, 0.1) is 0 Å². The zero-order valence-corrected chi connectivity index (χ0v) is 14.4. The first-order valence-corrected chi connectivity index (χ1v) is 8.24. The maximum Gasteiger partial charge on any atom is 0.261 e. The molecule has 7 heteroatoms. The van der Waals surface area contributed by atoms with Gasteiger partial charge in [0.2, 0.25) is 5.91 Å². The summed E-state index contributed by atoms with van der Waals surface area (Å²) < 4.78 is 0.